The molecule has 5 rings (SSSR count). The number of amides is 1. The maximum atomic E-state index is 14.6. The van der Waals surface area contributed by atoms with Crippen molar-refractivity contribution in [3.8, 4) is 11.1 Å². The molecule has 2 heterocycles. The molecule has 0 spiro atoms. The van der Waals surface area contributed by atoms with Crippen LogP contribution in [0.3, 0.4) is 0 Å². The molecule has 0 bridgehead atoms. The largest absolute Gasteiger partial charge is 0.451 e. The van der Waals surface area contributed by atoms with Crippen LogP contribution in [0, 0.1) is 17.6 Å². The van der Waals surface area contributed by atoms with Crippen molar-refractivity contribution in [3.63, 3.8) is 0 Å². The number of hydrogen-bond acceptors (Lipinski definition) is 5. The molecular formula is C25H21F5N4O3S. The van der Waals surface area contributed by atoms with E-state index < -0.39 is 45.1 Å². The van der Waals surface area contributed by atoms with Crippen molar-refractivity contribution < 1.29 is 35.2 Å². The van der Waals surface area contributed by atoms with Crippen molar-refractivity contribution in [1.29, 1.82) is 0 Å². The normalized spacial score (nSPS) is 21.6. The first-order valence-corrected chi connectivity index (χ1v) is 13.1. The van der Waals surface area contributed by atoms with E-state index in [-0.39, 0.29) is 41.5 Å². The van der Waals surface area contributed by atoms with Gasteiger partial charge in [-0.1, -0.05) is 6.07 Å². The van der Waals surface area contributed by atoms with Gasteiger partial charge in [-0.05, 0) is 67.1 Å². The number of carbonyl (C=O) groups excluding carboxylic acids is 1. The summed E-state index contributed by atoms with van der Waals surface area (Å²) in [5.74, 6) is -3.34. The topological polar surface area (TPSA) is 92.3 Å². The van der Waals surface area contributed by atoms with Crippen molar-refractivity contribution in [3.05, 3.63) is 77.9 Å². The fraction of sp³-hybridized carbons (Fsp3) is 0.320. The Morgan fingerprint density at radius 1 is 1.03 bits per heavy atom. The predicted molar refractivity (Wildman–Crippen MR) is 125 cm³/mol. The zero-order chi connectivity index (χ0) is 27.3. The van der Waals surface area contributed by atoms with E-state index in [4.69, 9.17) is 0 Å². The Bertz CT molecular complexity index is 1480. The summed E-state index contributed by atoms with van der Waals surface area (Å²) in [6, 6.07) is 8.18. The van der Waals surface area contributed by atoms with Crippen molar-refractivity contribution in [2.75, 3.05) is 6.54 Å². The minimum absolute atomic E-state index is 0.0500. The second-order valence-corrected chi connectivity index (χ2v) is 11.1. The minimum Gasteiger partial charge on any atom is -0.350 e. The van der Waals surface area contributed by atoms with Crippen molar-refractivity contribution >= 4 is 15.9 Å². The Hall–Kier alpha value is -3.45. The molecule has 0 radical (unpaired) electrons. The van der Waals surface area contributed by atoms with Gasteiger partial charge in [0.05, 0.1) is 4.90 Å². The molecule has 1 amide bonds. The number of hydrogen-bond donors (Lipinski definition) is 1. The summed E-state index contributed by atoms with van der Waals surface area (Å²) in [5, 5.41) is 2.65. The Kier molecular flexibility index (Phi) is 6.46. The lowest BCUT2D eigenvalue weighted by atomic mass is 9.67. The van der Waals surface area contributed by atoms with Gasteiger partial charge in [-0.2, -0.15) is 17.5 Å². The first-order chi connectivity index (χ1) is 17.9. The molecule has 2 aliphatic rings. The number of nitrogens with one attached hydrogen (secondary N) is 1. The van der Waals surface area contributed by atoms with Crippen LogP contribution in [0.1, 0.15) is 30.7 Å². The SMILES string of the molecule is O=C(NCc1cc(-c2cnc(C(F)(F)F)nc2)ccc1F)C12CCC1CCN2S(=O)(=O)c1ccc(F)cc1. The molecule has 1 aliphatic heterocycles. The Balaban J connectivity index is 1.36. The smallest absolute Gasteiger partial charge is 0.350 e. The lowest BCUT2D eigenvalue weighted by Gasteiger charge is -2.47. The Labute approximate surface area is 214 Å². The molecule has 1 saturated carbocycles. The average Bonchev–Trinajstić information content (AvgIpc) is 3.14. The third-order valence-electron chi connectivity index (χ3n) is 7.19. The zero-order valence-electron chi connectivity index (χ0n) is 19.7. The van der Waals surface area contributed by atoms with Gasteiger partial charge in [-0.3, -0.25) is 4.79 Å². The number of alkyl halides is 3. The van der Waals surface area contributed by atoms with E-state index in [9.17, 15) is 35.2 Å². The average molecular weight is 553 g/mol. The summed E-state index contributed by atoms with van der Waals surface area (Å²) in [6.07, 6.45) is -1.34. The highest BCUT2D eigenvalue weighted by atomic mass is 32.2. The third-order valence-corrected chi connectivity index (χ3v) is 9.15. The number of sulfonamides is 1. The van der Waals surface area contributed by atoms with Gasteiger partial charge in [0.25, 0.3) is 0 Å². The lowest BCUT2D eigenvalue weighted by Crippen LogP contribution is -2.64. The van der Waals surface area contributed by atoms with Crippen molar-refractivity contribution in [1.82, 2.24) is 19.6 Å². The van der Waals surface area contributed by atoms with E-state index in [1.807, 2.05) is 0 Å². The van der Waals surface area contributed by atoms with Crippen molar-refractivity contribution in [2.45, 2.75) is 42.4 Å². The number of benzene rings is 2. The van der Waals surface area contributed by atoms with Crippen LogP contribution in [0.25, 0.3) is 11.1 Å². The first-order valence-electron chi connectivity index (χ1n) is 11.7. The number of halogens is 5. The van der Waals surface area contributed by atoms with Gasteiger partial charge in [0.15, 0.2) is 0 Å². The summed E-state index contributed by atoms with van der Waals surface area (Å²) < 4.78 is 94.0. The maximum absolute atomic E-state index is 14.6. The van der Waals surface area contributed by atoms with Crippen LogP contribution in [0.2, 0.25) is 0 Å². The highest BCUT2D eigenvalue weighted by Crippen LogP contribution is 2.52. The second-order valence-electron chi connectivity index (χ2n) is 9.26. The monoisotopic (exact) mass is 552 g/mol. The summed E-state index contributed by atoms with van der Waals surface area (Å²) in [6.45, 7) is -0.158. The minimum atomic E-state index is -4.70. The highest BCUT2D eigenvalue weighted by molar-refractivity contribution is 7.89. The molecule has 2 unspecified atom stereocenters. The molecule has 2 atom stereocenters. The quantitative estimate of drug-likeness (QED) is 0.461. The molecule has 1 aromatic heterocycles. The van der Waals surface area contributed by atoms with Gasteiger partial charge in [0, 0.05) is 36.6 Å². The summed E-state index contributed by atoms with van der Waals surface area (Å²) >= 11 is 0. The van der Waals surface area contributed by atoms with E-state index in [1.165, 1.54) is 12.1 Å². The molecular weight excluding hydrogens is 531 g/mol. The van der Waals surface area contributed by atoms with Crippen LogP contribution < -0.4 is 5.32 Å². The molecule has 1 aliphatic carbocycles. The van der Waals surface area contributed by atoms with E-state index in [0.29, 0.717) is 18.4 Å². The Morgan fingerprint density at radius 3 is 2.32 bits per heavy atom. The number of rotatable bonds is 6. The number of aromatic nitrogens is 2. The molecule has 13 heteroatoms. The zero-order valence-corrected chi connectivity index (χ0v) is 20.5. The molecule has 38 heavy (non-hydrogen) atoms. The number of nitrogens with zero attached hydrogens (tertiary/aromatic N) is 3. The van der Waals surface area contributed by atoms with Crippen LogP contribution in [0.4, 0.5) is 22.0 Å². The van der Waals surface area contributed by atoms with E-state index in [2.05, 4.69) is 15.3 Å². The number of carbonyl (C=O) groups is 1. The third kappa shape index (κ3) is 4.43. The molecule has 2 aromatic carbocycles. The van der Waals surface area contributed by atoms with E-state index >= 15 is 0 Å². The van der Waals surface area contributed by atoms with Crippen LogP contribution in [-0.2, 0) is 27.5 Å². The van der Waals surface area contributed by atoms with Gasteiger partial charge in [-0.25, -0.2) is 27.2 Å². The lowest BCUT2D eigenvalue weighted by molar-refractivity contribution is -0.145. The number of fused-ring (bicyclic) bond motifs is 1. The molecule has 1 saturated heterocycles. The van der Waals surface area contributed by atoms with E-state index in [0.717, 1.165) is 47.0 Å². The molecule has 3 aromatic rings. The van der Waals surface area contributed by atoms with Crippen LogP contribution in [-0.4, -0.2) is 40.7 Å². The second kappa shape index (κ2) is 9.38. The van der Waals surface area contributed by atoms with Crippen molar-refractivity contribution in [2.24, 2.45) is 5.92 Å². The molecule has 200 valence electrons. The van der Waals surface area contributed by atoms with Gasteiger partial charge < -0.3 is 5.32 Å². The molecule has 1 N–H and O–H groups in total. The van der Waals surface area contributed by atoms with Gasteiger partial charge in [0.1, 0.15) is 17.2 Å². The maximum Gasteiger partial charge on any atom is 0.451 e. The summed E-state index contributed by atoms with van der Waals surface area (Å²) in [4.78, 5) is 19.9. The molecule has 2 fully saturated rings. The summed E-state index contributed by atoms with van der Waals surface area (Å²) in [7, 11) is -4.10. The Morgan fingerprint density at radius 2 is 1.71 bits per heavy atom. The summed E-state index contributed by atoms with van der Waals surface area (Å²) in [5.41, 5.74) is -0.724. The van der Waals surface area contributed by atoms with E-state index in [1.54, 1.807) is 0 Å². The first kappa shape index (κ1) is 26.2. The van der Waals surface area contributed by atoms with Crippen LogP contribution in [0.15, 0.2) is 59.8 Å². The van der Waals surface area contributed by atoms with Crippen LogP contribution >= 0.6 is 0 Å². The highest BCUT2D eigenvalue weighted by Gasteiger charge is 2.63. The molecule has 7 nitrogen and oxygen atoms in total. The van der Waals surface area contributed by atoms with Gasteiger partial charge in [-0.15, -0.1) is 0 Å². The fourth-order valence-electron chi connectivity index (χ4n) is 5.13. The van der Waals surface area contributed by atoms with Gasteiger partial charge in [0.2, 0.25) is 21.8 Å². The van der Waals surface area contributed by atoms with Crippen LogP contribution in [0.5, 0.6) is 0 Å². The fourth-order valence-corrected chi connectivity index (χ4v) is 6.96. The standard InChI is InChI=1S/C25H21F5N4O3S/c26-19-2-4-20(5-3-19)38(36,37)34-10-8-18-7-9-24(18,34)23(35)33-12-16-11-15(1-6-21(16)27)17-13-31-22(32-14-17)25(28,29)30/h1-6,11,13-14,18H,7-10,12H2,(H,33,35). The predicted octanol–water partition coefficient (Wildman–Crippen LogP) is 4.30. The van der Waals surface area contributed by atoms with Gasteiger partial charge >= 0.3 is 6.18 Å².